The number of carbonyl (C=O) groups is 1. The molecule has 114 valence electrons. The van der Waals surface area contributed by atoms with E-state index in [-0.39, 0.29) is 11.9 Å². The molecule has 1 aromatic heterocycles. The molecule has 0 spiro atoms. The second kappa shape index (κ2) is 5.39. The Hall–Kier alpha value is -2.88. The molecule has 1 atom stereocenters. The molecule has 0 N–H and O–H groups in total. The van der Waals surface area contributed by atoms with E-state index in [4.69, 9.17) is 0 Å². The first-order valence-electron chi connectivity index (χ1n) is 7.75. The molecule has 0 radical (unpaired) electrons. The second-order valence-corrected chi connectivity index (χ2v) is 5.87. The van der Waals surface area contributed by atoms with Gasteiger partial charge in [-0.1, -0.05) is 36.4 Å². The monoisotopic (exact) mass is 303 g/mol. The first-order valence-corrected chi connectivity index (χ1v) is 7.75. The molecule has 3 aromatic rings. The van der Waals surface area contributed by atoms with Crippen LogP contribution < -0.4 is 4.90 Å². The first-order chi connectivity index (χ1) is 11.2. The maximum atomic E-state index is 12.9. The molecule has 2 aromatic carbocycles. The number of carbonyl (C=O) groups excluding carboxylic acids is 1. The summed E-state index contributed by atoms with van der Waals surface area (Å²) in [7, 11) is 0. The van der Waals surface area contributed by atoms with Gasteiger partial charge in [-0.15, -0.1) is 0 Å². The number of amides is 1. The third-order valence-electron chi connectivity index (χ3n) is 4.28. The Bertz CT molecular complexity index is 854. The van der Waals surface area contributed by atoms with Crippen molar-refractivity contribution in [1.82, 2.24) is 9.78 Å². The van der Waals surface area contributed by atoms with E-state index < -0.39 is 0 Å². The highest BCUT2D eigenvalue weighted by molar-refractivity contribution is 6.07. The van der Waals surface area contributed by atoms with Gasteiger partial charge in [-0.3, -0.25) is 4.79 Å². The van der Waals surface area contributed by atoms with Crippen LogP contribution in [0.4, 0.5) is 5.69 Å². The van der Waals surface area contributed by atoms with Gasteiger partial charge >= 0.3 is 0 Å². The summed E-state index contributed by atoms with van der Waals surface area (Å²) >= 11 is 0. The third kappa shape index (κ3) is 2.32. The summed E-state index contributed by atoms with van der Waals surface area (Å²) in [5.74, 6) is 0.00429. The molecular weight excluding hydrogens is 286 g/mol. The Morgan fingerprint density at radius 1 is 1.09 bits per heavy atom. The fraction of sp³-hybridized carbons (Fsp3) is 0.158. The lowest BCUT2D eigenvalue weighted by molar-refractivity contribution is 0.0981. The summed E-state index contributed by atoms with van der Waals surface area (Å²) in [4.78, 5) is 14.8. The number of hydrogen-bond donors (Lipinski definition) is 0. The van der Waals surface area contributed by atoms with Gasteiger partial charge in [0, 0.05) is 17.9 Å². The lowest BCUT2D eigenvalue weighted by Crippen LogP contribution is -2.35. The van der Waals surface area contributed by atoms with Crippen molar-refractivity contribution in [3.05, 3.63) is 78.1 Å². The highest BCUT2D eigenvalue weighted by Gasteiger charge is 2.31. The molecule has 0 saturated heterocycles. The van der Waals surface area contributed by atoms with Crippen molar-refractivity contribution in [2.45, 2.75) is 19.4 Å². The Morgan fingerprint density at radius 3 is 2.65 bits per heavy atom. The van der Waals surface area contributed by atoms with Gasteiger partial charge in [-0.05, 0) is 37.1 Å². The topological polar surface area (TPSA) is 38.1 Å². The summed E-state index contributed by atoms with van der Waals surface area (Å²) in [6, 6.07) is 18.1. The molecule has 0 aliphatic carbocycles. The first kappa shape index (κ1) is 13.8. The zero-order valence-electron chi connectivity index (χ0n) is 12.9. The van der Waals surface area contributed by atoms with Crippen LogP contribution in [0.2, 0.25) is 0 Å². The number of aromatic nitrogens is 2. The molecule has 0 bridgehead atoms. The maximum Gasteiger partial charge on any atom is 0.261 e. The summed E-state index contributed by atoms with van der Waals surface area (Å²) in [6.45, 7) is 2.08. The number of benzene rings is 2. The highest BCUT2D eigenvalue weighted by Crippen LogP contribution is 2.33. The molecule has 1 aliphatic rings. The van der Waals surface area contributed by atoms with Gasteiger partial charge in [0.05, 0.1) is 17.4 Å². The quantitative estimate of drug-likeness (QED) is 0.727. The highest BCUT2D eigenvalue weighted by atomic mass is 16.2. The number of fused-ring (bicyclic) bond motifs is 1. The summed E-state index contributed by atoms with van der Waals surface area (Å²) in [5.41, 5.74) is 3.79. The van der Waals surface area contributed by atoms with Crippen molar-refractivity contribution < 1.29 is 4.79 Å². The van der Waals surface area contributed by atoms with Crippen molar-refractivity contribution in [2.24, 2.45) is 0 Å². The van der Waals surface area contributed by atoms with E-state index in [1.807, 2.05) is 53.4 Å². The van der Waals surface area contributed by atoms with E-state index in [0.29, 0.717) is 5.56 Å². The van der Waals surface area contributed by atoms with Gasteiger partial charge in [-0.25, -0.2) is 4.68 Å². The largest absolute Gasteiger partial charge is 0.305 e. The van der Waals surface area contributed by atoms with Crippen molar-refractivity contribution in [3.8, 4) is 5.69 Å². The number of hydrogen-bond acceptors (Lipinski definition) is 2. The number of nitrogens with zero attached hydrogens (tertiary/aromatic N) is 3. The molecule has 23 heavy (non-hydrogen) atoms. The number of rotatable bonds is 2. The van der Waals surface area contributed by atoms with Crippen molar-refractivity contribution in [2.75, 3.05) is 4.90 Å². The Morgan fingerprint density at radius 2 is 1.83 bits per heavy atom. The SMILES string of the molecule is CC1Cc2ccccc2N1C(=O)c1cnn(-c2ccccc2)c1. The molecule has 4 heteroatoms. The lowest BCUT2D eigenvalue weighted by atomic mass is 10.1. The molecule has 0 saturated carbocycles. The normalized spacial score (nSPS) is 16.4. The minimum atomic E-state index is 0.00429. The van der Waals surface area contributed by atoms with Gasteiger partial charge in [0.25, 0.3) is 5.91 Å². The Labute approximate surface area is 135 Å². The van der Waals surface area contributed by atoms with Gasteiger partial charge < -0.3 is 4.90 Å². The smallest absolute Gasteiger partial charge is 0.261 e. The average Bonchev–Trinajstić information content (AvgIpc) is 3.19. The third-order valence-corrected chi connectivity index (χ3v) is 4.28. The predicted molar refractivity (Wildman–Crippen MR) is 90.0 cm³/mol. The van der Waals surface area contributed by atoms with Crippen LogP contribution >= 0.6 is 0 Å². The van der Waals surface area contributed by atoms with Crippen molar-refractivity contribution in [3.63, 3.8) is 0 Å². The van der Waals surface area contributed by atoms with Gasteiger partial charge in [-0.2, -0.15) is 5.10 Å². The van der Waals surface area contributed by atoms with Crippen molar-refractivity contribution >= 4 is 11.6 Å². The van der Waals surface area contributed by atoms with Gasteiger partial charge in [0.1, 0.15) is 0 Å². The van der Waals surface area contributed by atoms with Crippen LogP contribution in [0.5, 0.6) is 0 Å². The minimum absolute atomic E-state index is 0.00429. The molecule has 2 heterocycles. The summed E-state index contributed by atoms with van der Waals surface area (Å²) < 4.78 is 1.74. The van der Waals surface area contributed by atoms with E-state index >= 15 is 0 Å². The van der Waals surface area contributed by atoms with Crippen LogP contribution in [-0.4, -0.2) is 21.7 Å². The van der Waals surface area contributed by atoms with Crippen LogP contribution in [0.15, 0.2) is 67.0 Å². The fourth-order valence-electron chi connectivity index (χ4n) is 3.17. The maximum absolute atomic E-state index is 12.9. The Kier molecular flexibility index (Phi) is 3.23. The molecule has 1 amide bonds. The van der Waals surface area contributed by atoms with Crippen molar-refractivity contribution in [1.29, 1.82) is 0 Å². The average molecular weight is 303 g/mol. The predicted octanol–water partition coefficient (Wildman–Crippen LogP) is 3.46. The van der Waals surface area contributed by atoms with Crippen LogP contribution in [0, 0.1) is 0 Å². The molecule has 4 nitrogen and oxygen atoms in total. The standard InChI is InChI=1S/C19H17N3O/c1-14-11-15-7-5-6-10-18(15)22(14)19(23)16-12-20-21(13-16)17-8-3-2-4-9-17/h2-10,12-14H,11H2,1H3. The zero-order valence-corrected chi connectivity index (χ0v) is 12.9. The van der Waals surface area contributed by atoms with E-state index in [1.165, 1.54) is 5.56 Å². The zero-order chi connectivity index (χ0) is 15.8. The van der Waals surface area contributed by atoms with Crippen LogP contribution in [-0.2, 0) is 6.42 Å². The summed E-state index contributed by atoms with van der Waals surface area (Å²) in [5, 5.41) is 4.33. The van der Waals surface area contributed by atoms with Crippen LogP contribution in [0.25, 0.3) is 5.69 Å². The second-order valence-electron chi connectivity index (χ2n) is 5.87. The number of para-hydroxylation sites is 2. The Balaban J connectivity index is 1.67. The molecular formula is C19H17N3O. The van der Waals surface area contributed by atoms with Gasteiger partial charge in [0.15, 0.2) is 0 Å². The fourth-order valence-corrected chi connectivity index (χ4v) is 3.17. The molecule has 4 rings (SSSR count). The molecule has 0 fully saturated rings. The lowest BCUT2D eigenvalue weighted by Gasteiger charge is -2.21. The van der Waals surface area contributed by atoms with Gasteiger partial charge in [0.2, 0.25) is 0 Å². The van der Waals surface area contributed by atoms with Crippen LogP contribution in [0.1, 0.15) is 22.8 Å². The van der Waals surface area contributed by atoms with Crippen LogP contribution in [0.3, 0.4) is 0 Å². The van der Waals surface area contributed by atoms with E-state index in [1.54, 1.807) is 17.1 Å². The summed E-state index contributed by atoms with van der Waals surface area (Å²) in [6.07, 6.45) is 4.34. The van der Waals surface area contributed by atoms with E-state index in [9.17, 15) is 4.79 Å². The van der Waals surface area contributed by atoms with E-state index in [2.05, 4.69) is 18.1 Å². The molecule has 1 aliphatic heterocycles. The molecule has 1 unspecified atom stereocenters. The number of anilines is 1. The minimum Gasteiger partial charge on any atom is -0.305 e. The van der Waals surface area contributed by atoms with E-state index in [0.717, 1.165) is 17.8 Å².